The molecule has 2 nitrogen and oxygen atoms in total. The van der Waals surface area contributed by atoms with Gasteiger partial charge in [-0.1, -0.05) is 13.8 Å². The van der Waals surface area contributed by atoms with Gasteiger partial charge in [0.1, 0.15) is 5.82 Å². The van der Waals surface area contributed by atoms with E-state index in [1.165, 1.54) is 12.0 Å². The van der Waals surface area contributed by atoms with E-state index in [4.69, 9.17) is 0 Å². The Balaban J connectivity index is 2.14. The second-order valence-electron chi connectivity index (χ2n) is 5.06. The Labute approximate surface area is 106 Å². The maximum atomic E-state index is 4.53. The molecule has 1 atom stereocenters. The molecule has 2 rings (SSSR count). The van der Waals surface area contributed by atoms with E-state index in [1.54, 1.807) is 0 Å². The normalized spacial score (nSPS) is 20.8. The zero-order chi connectivity index (χ0) is 11.7. The van der Waals surface area contributed by atoms with Crippen molar-refractivity contribution in [2.45, 2.75) is 27.2 Å². The van der Waals surface area contributed by atoms with Crippen molar-refractivity contribution < 1.29 is 0 Å². The van der Waals surface area contributed by atoms with E-state index in [0.717, 1.165) is 35.2 Å². The molecule has 0 spiro atoms. The molecule has 0 amide bonds. The fourth-order valence-corrected chi connectivity index (χ4v) is 3.00. The third-order valence-electron chi connectivity index (χ3n) is 3.43. The van der Waals surface area contributed by atoms with Gasteiger partial charge in [0.25, 0.3) is 0 Å². The highest BCUT2D eigenvalue weighted by Gasteiger charge is 2.26. The second kappa shape index (κ2) is 4.74. The molecule has 0 saturated carbocycles. The molecule has 88 valence electrons. The van der Waals surface area contributed by atoms with Crippen molar-refractivity contribution in [3.63, 3.8) is 0 Å². The lowest BCUT2D eigenvalue weighted by Crippen LogP contribution is -2.22. The lowest BCUT2D eigenvalue weighted by atomic mass is 9.95. The van der Waals surface area contributed by atoms with Crippen LogP contribution in [-0.2, 0) is 0 Å². The number of hydrogen-bond donors (Lipinski definition) is 0. The third-order valence-corrected chi connectivity index (χ3v) is 4.01. The highest BCUT2D eigenvalue weighted by molar-refractivity contribution is 9.10. The van der Waals surface area contributed by atoms with Crippen molar-refractivity contribution in [2.24, 2.45) is 11.8 Å². The van der Waals surface area contributed by atoms with E-state index >= 15 is 0 Å². The van der Waals surface area contributed by atoms with Gasteiger partial charge in [-0.2, -0.15) is 0 Å². The van der Waals surface area contributed by atoms with Crippen LogP contribution < -0.4 is 4.90 Å². The first-order chi connectivity index (χ1) is 7.58. The molecule has 1 aliphatic heterocycles. The molecule has 1 saturated heterocycles. The third kappa shape index (κ3) is 2.40. The summed E-state index contributed by atoms with van der Waals surface area (Å²) in [5.41, 5.74) is 1.20. The van der Waals surface area contributed by atoms with Crippen LogP contribution >= 0.6 is 15.9 Å². The van der Waals surface area contributed by atoms with Gasteiger partial charge in [-0.05, 0) is 52.7 Å². The molecule has 1 aromatic heterocycles. The van der Waals surface area contributed by atoms with Crippen molar-refractivity contribution in [1.82, 2.24) is 4.98 Å². The second-order valence-corrected chi connectivity index (χ2v) is 5.91. The monoisotopic (exact) mass is 282 g/mol. The standard InChI is InChI=1S/C13H19BrN2/c1-9(2)11-4-5-16(8-11)13-12(14)6-10(3)7-15-13/h6-7,9,11H,4-5,8H2,1-3H3. The summed E-state index contributed by atoms with van der Waals surface area (Å²) in [6.45, 7) is 8.98. The summed E-state index contributed by atoms with van der Waals surface area (Å²) >= 11 is 3.61. The van der Waals surface area contributed by atoms with Crippen LogP contribution in [0.4, 0.5) is 5.82 Å². The molecule has 3 heteroatoms. The van der Waals surface area contributed by atoms with E-state index < -0.39 is 0 Å². The average molecular weight is 283 g/mol. The fourth-order valence-electron chi connectivity index (χ4n) is 2.28. The van der Waals surface area contributed by atoms with E-state index in [2.05, 4.69) is 52.7 Å². The Morgan fingerprint density at radius 3 is 2.81 bits per heavy atom. The van der Waals surface area contributed by atoms with E-state index in [1.807, 2.05) is 6.20 Å². The van der Waals surface area contributed by atoms with E-state index in [9.17, 15) is 0 Å². The molecule has 1 aliphatic rings. The predicted octanol–water partition coefficient (Wildman–Crippen LogP) is 3.63. The largest absolute Gasteiger partial charge is 0.355 e. The van der Waals surface area contributed by atoms with Crippen LogP contribution in [0.1, 0.15) is 25.8 Å². The number of aromatic nitrogens is 1. The highest BCUT2D eigenvalue weighted by atomic mass is 79.9. The van der Waals surface area contributed by atoms with Gasteiger partial charge in [0.05, 0.1) is 4.47 Å². The number of pyridine rings is 1. The first-order valence-corrected chi connectivity index (χ1v) is 6.74. The SMILES string of the molecule is Cc1cnc(N2CCC(C(C)C)C2)c(Br)c1. The Hall–Kier alpha value is -0.570. The summed E-state index contributed by atoms with van der Waals surface area (Å²) in [5, 5.41) is 0. The Kier molecular flexibility index (Phi) is 3.53. The maximum absolute atomic E-state index is 4.53. The van der Waals surface area contributed by atoms with Gasteiger partial charge in [-0.15, -0.1) is 0 Å². The smallest absolute Gasteiger partial charge is 0.142 e. The molecule has 1 fully saturated rings. The highest BCUT2D eigenvalue weighted by Crippen LogP contribution is 2.31. The zero-order valence-electron chi connectivity index (χ0n) is 10.2. The molecule has 0 aromatic carbocycles. The lowest BCUT2D eigenvalue weighted by molar-refractivity contribution is 0.422. The number of halogens is 1. The first-order valence-electron chi connectivity index (χ1n) is 5.95. The Bertz CT molecular complexity index is 376. The van der Waals surface area contributed by atoms with Gasteiger partial charge in [-0.3, -0.25) is 0 Å². The Morgan fingerprint density at radius 1 is 1.50 bits per heavy atom. The minimum atomic E-state index is 0.772. The zero-order valence-corrected chi connectivity index (χ0v) is 11.8. The number of rotatable bonds is 2. The molecule has 0 radical (unpaired) electrons. The molecule has 0 N–H and O–H groups in total. The van der Waals surface area contributed by atoms with Crippen LogP contribution in [0.2, 0.25) is 0 Å². The molecule has 2 heterocycles. The van der Waals surface area contributed by atoms with E-state index in [-0.39, 0.29) is 0 Å². The van der Waals surface area contributed by atoms with Gasteiger partial charge in [-0.25, -0.2) is 4.98 Å². The van der Waals surface area contributed by atoms with Crippen molar-refractivity contribution in [3.05, 3.63) is 22.3 Å². The Morgan fingerprint density at radius 2 is 2.25 bits per heavy atom. The van der Waals surface area contributed by atoms with Gasteiger partial charge < -0.3 is 4.90 Å². The van der Waals surface area contributed by atoms with E-state index in [0.29, 0.717) is 0 Å². The van der Waals surface area contributed by atoms with Gasteiger partial charge in [0.2, 0.25) is 0 Å². The summed E-state index contributed by atoms with van der Waals surface area (Å²) in [6.07, 6.45) is 3.24. The lowest BCUT2D eigenvalue weighted by Gasteiger charge is -2.20. The van der Waals surface area contributed by atoms with Gasteiger partial charge in [0.15, 0.2) is 0 Å². The van der Waals surface area contributed by atoms with Crippen molar-refractivity contribution in [1.29, 1.82) is 0 Å². The van der Waals surface area contributed by atoms with Crippen molar-refractivity contribution >= 4 is 21.7 Å². The van der Waals surface area contributed by atoms with Crippen molar-refractivity contribution in [2.75, 3.05) is 18.0 Å². The number of aryl methyl sites for hydroxylation is 1. The van der Waals surface area contributed by atoms with Crippen LogP contribution in [-0.4, -0.2) is 18.1 Å². The summed E-state index contributed by atoms with van der Waals surface area (Å²) < 4.78 is 1.12. The quantitative estimate of drug-likeness (QED) is 0.824. The molecule has 0 bridgehead atoms. The van der Waals surface area contributed by atoms with Crippen LogP contribution in [0.3, 0.4) is 0 Å². The van der Waals surface area contributed by atoms with Crippen LogP contribution in [0.25, 0.3) is 0 Å². The molecular weight excluding hydrogens is 264 g/mol. The summed E-state index contributed by atoms with van der Waals surface area (Å²) in [6, 6.07) is 2.14. The van der Waals surface area contributed by atoms with Crippen LogP contribution in [0.15, 0.2) is 16.7 Å². The predicted molar refractivity (Wildman–Crippen MR) is 71.8 cm³/mol. The average Bonchev–Trinajstić information content (AvgIpc) is 2.66. The molecule has 0 aliphatic carbocycles. The number of anilines is 1. The van der Waals surface area contributed by atoms with Crippen molar-refractivity contribution in [3.8, 4) is 0 Å². The number of hydrogen-bond acceptors (Lipinski definition) is 2. The van der Waals surface area contributed by atoms with Crippen LogP contribution in [0.5, 0.6) is 0 Å². The summed E-state index contributed by atoms with van der Waals surface area (Å²) in [7, 11) is 0. The fraction of sp³-hybridized carbons (Fsp3) is 0.615. The molecular formula is C13H19BrN2. The summed E-state index contributed by atoms with van der Waals surface area (Å²) in [5.74, 6) is 2.69. The summed E-state index contributed by atoms with van der Waals surface area (Å²) in [4.78, 5) is 6.93. The number of nitrogens with zero attached hydrogens (tertiary/aromatic N) is 2. The first kappa shape index (κ1) is 11.9. The minimum Gasteiger partial charge on any atom is -0.355 e. The van der Waals surface area contributed by atoms with Crippen LogP contribution in [0, 0.1) is 18.8 Å². The van der Waals surface area contributed by atoms with Gasteiger partial charge >= 0.3 is 0 Å². The molecule has 1 unspecified atom stereocenters. The molecule has 1 aromatic rings. The maximum Gasteiger partial charge on any atom is 0.142 e. The topological polar surface area (TPSA) is 16.1 Å². The minimum absolute atomic E-state index is 0.772. The van der Waals surface area contributed by atoms with Gasteiger partial charge in [0, 0.05) is 19.3 Å². The molecule has 16 heavy (non-hydrogen) atoms.